The van der Waals surface area contributed by atoms with Crippen LogP contribution in [0, 0.1) is 14.9 Å². The summed E-state index contributed by atoms with van der Waals surface area (Å²) in [5.41, 5.74) is 3.23. The monoisotopic (exact) mass is 601 g/mol. The first-order valence-corrected chi connectivity index (χ1v) is 12.3. The van der Waals surface area contributed by atoms with Gasteiger partial charge in [-0.1, -0.05) is 23.7 Å². The fourth-order valence-electron chi connectivity index (χ4n) is 3.17. The van der Waals surface area contributed by atoms with Gasteiger partial charge in [0.05, 0.1) is 10.2 Å². The summed E-state index contributed by atoms with van der Waals surface area (Å²) >= 11 is 8.12. The molecule has 3 rings (SSSR count). The summed E-state index contributed by atoms with van der Waals surface area (Å²) in [5, 5.41) is 13.1. The molecule has 0 spiro atoms. The molecule has 0 atom stereocenters. The van der Waals surface area contributed by atoms with Gasteiger partial charge in [-0.05, 0) is 95.2 Å². The summed E-state index contributed by atoms with van der Waals surface area (Å²) in [6.07, 6.45) is 1.54. The highest BCUT2D eigenvalue weighted by molar-refractivity contribution is 14.1. The second-order valence-corrected chi connectivity index (χ2v) is 9.34. The zero-order chi connectivity index (χ0) is 25.4. The third kappa shape index (κ3) is 7.38. The van der Waals surface area contributed by atoms with Crippen molar-refractivity contribution in [3.05, 3.63) is 86.0 Å². The van der Waals surface area contributed by atoms with Crippen LogP contribution in [0.1, 0.15) is 18.1 Å². The largest absolute Gasteiger partial charge is 0.490 e. The van der Waals surface area contributed by atoms with Gasteiger partial charge in [0.1, 0.15) is 18.2 Å². The Morgan fingerprint density at radius 2 is 1.80 bits per heavy atom. The number of benzene rings is 3. The van der Waals surface area contributed by atoms with E-state index in [2.05, 4.69) is 27.9 Å². The number of carbonyl (C=O) groups is 1. The molecule has 0 aliphatic rings. The Balaban J connectivity index is 1.81. The van der Waals surface area contributed by atoms with Crippen LogP contribution in [0.5, 0.6) is 11.5 Å². The second kappa shape index (κ2) is 12.5. The number of nitriles is 1. The first kappa shape index (κ1) is 26.4. The maximum absolute atomic E-state index is 12.7. The van der Waals surface area contributed by atoms with Crippen molar-refractivity contribution in [2.75, 3.05) is 30.9 Å². The van der Waals surface area contributed by atoms with Crippen LogP contribution in [0.3, 0.4) is 0 Å². The Kier molecular flexibility index (Phi) is 9.40. The average molecular weight is 602 g/mol. The summed E-state index contributed by atoms with van der Waals surface area (Å²) in [4.78, 5) is 14.7. The molecule has 3 aromatic carbocycles. The van der Waals surface area contributed by atoms with Crippen molar-refractivity contribution < 1.29 is 14.3 Å². The predicted octanol–water partition coefficient (Wildman–Crippen LogP) is 6.53. The maximum atomic E-state index is 12.7. The van der Waals surface area contributed by atoms with Gasteiger partial charge < -0.3 is 19.7 Å². The fraction of sp³-hybridized carbons (Fsp3) is 0.185. The highest BCUT2D eigenvalue weighted by atomic mass is 127. The molecule has 3 aromatic rings. The van der Waals surface area contributed by atoms with Crippen LogP contribution in [0.25, 0.3) is 6.08 Å². The molecule has 35 heavy (non-hydrogen) atoms. The maximum Gasteiger partial charge on any atom is 0.266 e. The SMILES string of the molecule is CCOc1cc(/C=C(/C#N)C(=O)Nc2ccc(N(C)C)cc2)cc(I)c1OCc1ccc(Cl)cc1. The van der Waals surface area contributed by atoms with E-state index in [9.17, 15) is 10.1 Å². The van der Waals surface area contributed by atoms with Gasteiger partial charge in [-0.15, -0.1) is 0 Å². The van der Waals surface area contributed by atoms with Crippen LogP contribution < -0.4 is 19.7 Å². The van der Waals surface area contributed by atoms with Gasteiger partial charge in [0.25, 0.3) is 5.91 Å². The van der Waals surface area contributed by atoms with Gasteiger partial charge in [0.15, 0.2) is 11.5 Å². The quantitative estimate of drug-likeness (QED) is 0.171. The number of hydrogen-bond donors (Lipinski definition) is 1. The van der Waals surface area contributed by atoms with Crippen LogP contribution >= 0.6 is 34.2 Å². The lowest BCUT2D eigenvalue weighted by atomic mass is 10.1. The average Bonchev–Trinajstić information content (AvgIpc) is 2.83. The summed E-state index contributed by atoms with van der Waals surface area (Å²) in [7, 11) is 3.88. The number of nitrogens with one attached hydrogen (secondary N) is 1. The fourth-order valence-corrected chi connectivity index (χ4v) is 4.07. The van der Waals surface area contributed by atoms with Gasteiger partial charge >= 0.3 is 0 Å². The van der Waals surface area contributed by atoms with E-state index < -0.39 is 5.91 Å². The lowest BCUT2D eigenvalue weighted by molar-refractivity contribution is -0.112. The molecule has 0 aliphatic heterocycles. The molecule has 1 amide bonds. The minimum absolute atomic E-state index is 0.0187. The lowest BCUT2D eigenvalue weighted by Gasteiger charge is -2.15. The number of nitrogens with zero attached hydrogens (tertiary/aromatic N) is 2. The minimum atomic E-state index is -0.485. The molecule has 8 heteroatoms. The normalized spacial score (nSPS) is 10.9. The summed E-state index contributed by atoms with van der Waals surface area (Å²) in [6, 6.07) is 20.4. The van der Waals surface area contributed by atoms with Crippen molar-refractivity contribution in [2.24, 2.45) is 0 Å². The third-order valence-corrected chi connectivity index (χ3v) is 6.00. The van der Waals surface area contributed by atoms with E-state index in [0.29, 0.717) is 41.0 Å². The molecule has 0 heterocycles. The van der Waals surface area contributed by atoms with Crippen molar-refractivity contribution in [2.45, 2.75) is 13.5 Å². The molecule has 0 bridgehead atoms. The minimum Gasteiger partial charge on any atom is -0.490 e. The molecule has 180 valence electrons. The highest BCUT2D eigenvalue weighted by Gasteiger charge is 2.15. The van der Waals surface area contributed by atoms with E-state index in [1.807, 2.05) is 74.5 Å². The Morgan fingerprint density at radius 1 is 1.11 bits per heavy atom. The van der Waals surface area contributed by atoms with Crippen LogP contribution in [0.4, 0.5) is 11.4 Å². The Bertz CT molecular complexity index is 1250. The zero-order valence-electron chi connectivity index (χ0n) is 19.6. The number of amides is 1. The summed E-state index contributed by atoms with van der Waals surface area (Å²) < 4.78 is 12.6. The molecule has 0 aliphatic carbocycles. The van der Waals surface area contributed by atoms with E-state index in [-0.39, 0.29) is 5.57 Å². The first-order chi connectivity index (χ1) is 16.8. The van der Waals surface area contributed by atoms with Crippen molar-refractivity contribution in [3.8, 4) is 17.6 Å². The van der Waals surface area contributed by atoms with Crippen molar-refractivity contribution in [3.63, 3.8) is 0 Å². The van der Waals surface area contributed by atoms with Gasteiger partial charge in [0.2, 0.25) is 0 Å². The molecular formula is C27H25ClIN3O3. The predicted molar refractivity (Wildman–Crippen MR) is 149 cm³/mol. The first-order valence-electron chi connectivity index (χ1n) is 10.8. The molecule has 0 fully saturated rings. The number of anilines is 2. The van der Waals surface area contributed by atoms with E-state index >= 15 is 0 Å². The number of ether oxygens (including phenoxy) is 2. The Labute approximate surface area is 224 Å². The van der Waals surface area contributed by atoms with Gasteiger partial charge in [-0.3, -0.25) is 4.79 Å². The Morgan fingerprint density at radius 3 is 2.40 bits per heavy atom. The number of rotatable bonds is 9. The highest BCUT2D eigenvalue weighted by Crippen LogP contribution is 2.35. The molecule has 1 N–H and O–H groups in total. The Hall–Kier alpha value is -3.22. The molecule has 0 saturated carbocycles. The van der Waals surface area contributed by atoms with Crippen LogP contribution in [-0.4, -0.2) is 26.6 Å². The summed E-state index contributed by atoms with van der Waals surface area (Å²) in [6.45, 7) is 2.67. The molecule has 0 saturated heterocycles. The van der Waals surface area contributed by atoms with Crippen molar-refractivity contribution in [1.82, 2.24) is 0 Å². The molecule has 0 unspecified atom stereocenters. The van der Waals surface area contributed by atoms with E-state index in [1.54, 1.807) is 18.2 Å². The van der Waals surface area contributed by atoms with Crippen LogP contribution in [0.2, 0.25) is 5.02 Å². The van der Waals surface area contributed by atoms with Gasteiger partial charge in [-0.25, -0.2) is 0 Å². The second-order valence-electron chi connectivity index (χ2n) is 7.74. The van der Waals surface area contributed by atoms with Gasteiger partial charge in [0, 0.05) is 30.5 Å². The molecule has 0 radical (unpaired) electrons. The number of hydrogen-bond acceptors (Lipinski definition) is 5. The van der Waals surface area contributed by atoms with Gasteiger partial charge in [-0.2, -0.15) is 5.26 Å². The summed E-state index contributed by atoms with van der Waals surface area (Å²) in [5.74, 6) is 0.654. The van der Waals surface area contributed by atoms with E-state index in [1.165, 1.54) is 6.08 Å². The molecular weight excluding hydrogens is 577 g/mol. The van der Waals surface area contributed by atoms with Crippen molar-refractivity contribution >= 4 is 57.5 Å². The van der Waals surface area contributed by atoms with Crippen LogP contribution in [0.15, 0.2) is 66.2 Å². The zero-order valence-corrected chi connectivity index (χ0v) is 22.6. The standard InChI is InChI=1S/C27H25ClIN3O3/c1-4-34-25-15-19(14-24(29)26(25)35-17-18-5-7-21(28)8-6-18)13-20(16-30)27(33)31-22-9-11-23(12-10-22)32(2)3/h5-15H,4,17H2,1-3H3,(H,31,33)/b20-13-. The molecule has 0 aromatic heterocycles. The van der Waals surface area contributed by atoms with E-state index in [0.717, 1.165) is 14.8 Å². The number of halogens is 2. The topological polar surface area (TPSA) is 74.6 Å². The van der Waals surface area contributed by atoms with Crippen molar-refractivity contribution in [1.29, 1.82) is 5.26 Å². The van der Waals surface area contributed by atoms with Crippen LogP contribution in [-0.2, 0) is 11.4 Å². The third-order valence-electron chi connectivity index (χ3n) is 4.95. The smallest absolute Gasteiger partial charge is 0.266 e. The lowest BCUT2D eigenvalue weighted by Crippen LogP contribution is -2.14. The number of carbonyl (C=O) groups excluding carboxylic acids is 1. The molecule has 6 nitrogen and oxygen atoms in total. The van der Waals surface area contributed by atoms with E-state index in [4.69, 9.17) is 21.1 Å².